The van der Waals surface area contributed by atoms with Crippen LogP contribution in [-0.2, 0) is 25.7 Å². The van der Waals surface area contributed by atoms with Crippen LogP contribution in [0, 0.1) is 0 Å². The molecule has 0 fully saturated rings. The van der Waals surface area contributed by atoms with Crippen LogP contribution >= 0.6 is 0 Å². The molecule has 0 unspecified atom stereocenters. The van der Waals surface area contributed by atoms with E-state index in [1.165, 1.54) is 12.0 Å². The summed E-state index contributed by atoms with van der Waals surface area (Å²) in [6.07, 6.45) is 0. The summed E-state index contributed by atoms with van der Waals surface area (Å²) in [4.78, 5) is 38.4. The molecular formula is C21H18N2O6. The number of methoxy groups -OCH3 is 1. The van der Waals surface area contributed by atoms with E-state index in [1.807, 2.05) is 12.1 Å². The number of nitrogens with one attached hydrogen (secondary N) is 1. The van der Waals surface area contributed by atoms with Gasteiger partial charge in [0.25, 0.3) is 5.91 Å². The molecule has 2 heterocycles. The highest BCUT2D eigenvalue weighted by Crippen LogP contribution is 2.29. The summed E-state index contributed by atoms with van der Waals surface area (Å²) in [5, 5.41) is 3.45. The number of para-hydroxylation sites is 3. The molecule has 0 bridgehead atoms. The third kappa shape index (κ3) is 3.57. The van der Waals surface area contributed by atoms with Gasteiger partial charge in [-0.2, -0.15) is 0 Å². The maximum absolute atomic E-state index is 12.6. The van der Waals surface area contributed by atoms with Crippen LogP contribution in [0.25, 0.3) is 11.0 Å². The van der Waals surface area contributed by atoms with E-state index in [1.54, 1.807) is 36.4 Å². The number of fused-ring (bicyclic) bond motifs is 2. The Balaban J connectivity index is 1.52. The third-order valence-electron chi connectivity index (χ3n) is 4.57. The molecule has 29 heavy (non-hydrogen) atoms. The lowest BCUT2D eigenvalue weighted by atomic mass is 10.1. The molecule has 0 atom stereocenters. The van der Waals surface area contributed by atoms with Gasteiger partial charge in [-0.1, -0.05) is 30.3 Å². The number of anilines is 2. The number of ether oxygens (including phenoxy) is 2. The molecule has 3 aromatic rings. The van der Waals surface area contributed by atoms with Crippen LogP contribution < -0.4 is 10.2 Å². The standard InChI is InChI=1S/C21H18N2O6/c1-27-11-14-13-6-2-5-9-17(13)29-20(14)21(26)28-12-19(25)23-10-18(24)22-15-7-3-4-8-16(15)23/h2-9H,10-12H2,1H3,(H,22,24). The molecule has 0 spiro atoms. The largest absolute Gasteiger partial charge is 0.450 e. The molecule has 0 saturated carbocycles. The van der Waals surface area contributed by atoms with Crippen molar-refractivity contribution in [3.8, 4) is 0 Å². The second-order valence-electron chi connectivity index (χ2n) is 6.46. The van der Waals surface area contributed by atoms with E-state index in [0.717, 1.165) is 5.39 Å². The van der Waals surface area contributed by atoms with Crippen molar-refractivity contribution in [3.63, 3.8) is 0 Å². The molecule has 148 valence electrons. The zero-order valence-corrected chi connectivity index (χ0v) is 15.6. The van der Waals surface area contributed by atoms with E-state index in [2.05, 4.69) is 5.32 Å². The van der Waals surface area contributed by atoms with Crippen LogP contribution in [0.5, 0.6) is 0 Å². The fraction of sp³-hybridized carbons (Fsp3) is 0.190. The summed E-state index contributed by atoms with van der Waals surface area (Å²) < 4.78 is 16.0. The van der Waals surface area contributed by atoms with Gasteiger partial charge in [-0.05, 0) is 18.2 Å². The van der Waals surface area contributed by atoms with E-state index in [-0.39, 0.29) is 24.8 Å². The van der Waals surface area contributed by atoms with E-state index < -0.39 is 18.5 Å². The van der Waals surface area contributed by atoms with E-state index in [9.17, 15) is 14.4 Å². The second-order valence-corrected chi connectivity index (χ2v) is 6.46. The first-order valence-corrected chi connectivity index (χ1v) is 8.94. The summed E-state index contributed by atoms with van der Waals surface area (Å²) in [6.45, 7) is -0.508. The van der Waals surface area contributed by atoms with Crippen molar-refractivity contribution in [2.24, 2.45) is 0 Å². The quantitative estimate of drug-likeness (QED) is 0.668. The van der Waals surface area contributed by atoms with E-state index in [0.29, 0.717) is 22.5 Å². The molecule has 1 N–H and O–H groups in total. The molecule has 4 rings (SSSR count). The zero-order valence-electron chi connectivity index (χ0n) is 15.6. The zero-order chi connectivity index (χ0) is 20.4. The normalized spacial score (nSPS) is 13.1. The Morgan fingerprint density at radius 1 is 1.14 bits per heavy atom. The Bertz CT molecular complexity index is 1100. The van der Waals surface area contributed by atoms with Crippen molar-refractivity contribution < 1.29 is 28.3 Å². The maximum Gasteiger partial charge on any atom is 0.375 e. The number of amides is 2. The minimum Gasteiger partial charge on any atom is -0.450 e. The van der Waals surface area contributed by atoms with Crippen LogP contribution in [-0.4, -0.2) is 38.0 Å². The molecule has 1 aromatic heterocycles. The Hall–Kier alpha value is -3.65. The average molecular weight is 394 g/mol. The van der Waals surface area contributed by atoms with E-state index in [4.69, 9.17) is 13.9 Å². The van der Waals surface area contributed by atoms with Gasteiger partial charge in [0.1, 0.15) is 12.1 Å². The van der Waals surface area contributed by atoms with Gasteiger partial charge in [0.15, 0.2) is 6.61 Å². The van der Waals surface area contributed by atoms with Gasteiger partial charge in [0.2, 0.25) is 11.7 Å². The molecule has 1 aliphatic heterocycles. The van der Waals surface area contributed by atoms with Crippen molar-refractivity contribution in [3.05, 3.63) is 59.9 Å². The summed E-state index contributed by atoms with van der Waals surface area (Å²) in [6, 6.07) is 14.1. The number of nitrogens with zero attached hydrogens (tertiary/aromatic N) is 1. The van der Waals surface area contributed by atoms with Crippen LogP contribution in [0.4, 0.5) is 11.4 Å². The Kier molecular flexibility index (Phi) is 5.01. The van der Waals surface area contributed by atoms with Gasteiger partial charge < -0.3 is 19.2 Å². The highest BCUT2D eigenvalue weighted by Gasteiger charge is 2.28. The van der Waals surface area contributed by atoms with Crippen LogP contribution in [0.3, 0.4) is 0 Å². The SMILES string of the molecule is COCc1c(C(=O)OCC(=O)N2CC(=O)Nc3ccccc32)oc2ccccc12. The fourth-order valence-electron chi connectivity index (χ4n) is 3.28. The minimum atomic E-state index is -0.767. The summed E-state index contributed by atoms with van der Waals surface area (Å²) in [7, 11) is 1.51. The Morgan fingerprint density at radius 3 is 2.72 bits per heavy atom. The number of benzene rings is 2. The Morgan fingerprint density at radius 2 is 1.90 bits per heavy atom. The number of furan rings is 1. The number of carbonyl (C=O) groups excluding carboxylic acids is 3. The highest BCUT2D eigenvalue weighted by atomic mass is 16.5. The molecular weight excluding hydrogens is 376 g/mol. The van der Waals surface area contributed by atoms with Gasteiger partial charge in [0.05, 0.1) is 18.0 Å². The third-order valence-corrected chi connectivity index (χ3v) is 4.57. The van der Waals surface area contributed by atoms with Crippen LogP contribution in [0.1, 0.15) is 16.1 Å². The molecule has 0 radical (unpaired) electrons. The lowest BCUT2D eigenvalue weighted by Crippen LogP contribution is -2.44. The first kappa shape index (κ1) is 18.7. The first-order valence-electron chi connectivity index (χ1n) is 8.94. The van der Waals surface area contributed by atoms with Crippen molar-refractivity contribution in [1.29, 1.82) is 0 Å². The van der Waals surface area contributed by atoms with Gasteiger partial charge in [0, 0.05) is 18.1 Å². The summed E-state index contributed by atoms with van der Waals surface area (Å²) in [5.74, 6) is -1.60. The van der Waals surface area contributed by atoms with Crippen molar-refractivity contribution in [2.45, 2.75) is 6.61 Å². The molecule has 0 saturated heterocycles. The lowest BCUT2D eigenvalue weighted by molar-refractivity contribution is -0.124. The molecule has 1 aliphatic rings. The fourth-order valence-corrected chi connectivity index (χ4v) is 3.28. The van der Waals surface area contributed by atoms with E-state index >= 15 is 0 Å². The van der Waals surface area contributed by atoms with Crippen molar-refractivity contribution in [1.82, 2.24) is 0 Å². The van der Waals surface area contributed by atoms with Gasteiger partial charge in [-0.15, -0.1) is 0 Å². The van der Waals surface area contributed by atoms with Crippen LogP contribution in [0.15, 0.2) is 52.9 Å². The molecule has 0 aliphatic carbocycles. The summed E-state index contributed by atoms with van der Waals surface area (Å²) >= 11 is 0. The second kappa shape index (κ2) is 7.76. The van der Waals surface area contributed by atoms with Gasteiger partial charge in [-0.25, -0.2) is 4.79 Å². The lowest BCUT2D eigenvalue weighted by Gasteiger charge is -2.28. The Labute approximate surface area is 166 Å². The van der Waals surface area contributed by atoms with Crippen molar-refractivity contribution in [2.75, 3.05) is 30.5 Å². The predicted octanol–water partition coefficient (Wildman–Crippen LogP) is 2.72. The van der Waals surface area contributed by atoms with Crippen LogP contribution in [0.2, 0.25) is 0 Å². The topological polar surface area (TPSA) is 98.1 Å². The highest BCUT2D eigenvalue weighted by molar-refractivity contribution is 6.10. The number of rotatable bonds is 5. The monoisotopic (exact) mass is 394 g/mol. The minimum absolute atomic E-state index is 0.00219. The number of hydrogen-bond donors (Lipinski definition) is 1. The number of esters is 1. The number of hydrogen-bond acceptors (Lipinski definition) is 6. The van der Waals surface area contributed by atoms with Gasteiger partial charge in [-0.3, -0.25) is 14.5 Å². The molecule has 2 amide bonds. The maximum atomic E-state index is 12.6. The molecule has 8 heteroatoms. The molecule has 8 nitrogen and oxygen atoms in total. The summed E-state index contributed by atoms with van der Waals surface area (Å²) in [5.41, 5.74) is 2.17. The smallest absolute Gasteiger partial charge is 0.375 e. The first-order chi connectivity index (χ1) is 14.1. The number of carbonyl (C=O) groups is 3. The van der Waals surface area contributed by atoms with Gasteiger partial charge >= 0.3 is 5.97 Å². The van der Waals surface area contributed by atoms with Crippen molar-refractivity contribution >= 4 is 40.1 Å². The molecule has 2 aromatic carbocycles. The predicted molar refractivity (Wildman–Crippen MR) is 105 cm³/mol. The average Bonchev–Trinajstić information content (AvgIpc) is 3.10.